The Balaban J connectivity index is 1.52. The molecule has 162 valence electrons. The average molecular weight is 457 g/mol. The normalized spacial score (nSPS) is 15.0. The highest BCUT2D eigenvalue weighted by Gasteiger charge is 2.29. The summed E-state index contributed by atoms with van der Waals surface area (Å²) >= 11 is 7.60. The fourth-order valence-electron chi connectivity index (χ4n) is 3.55. The number of carbonyl (C=O) groups is 1. The molecule has 1 atom stereocenters. The lowest BCUT2D eigenvalue weighted by molar-refractivity contribution is -0.131. The molecule has 1 amide bonds. The first kappa shape index (κ1) is 21.7. The van der Waals surface area contributed by atoms with Crippen LogP contribution in [0, 0.1) is 0 Å². The summed E-state index contributed by atoms with van der Waals surface area (Å²) in [5, 5.41) is 9.48. The van der Waals surface area contributed by atoms with E-state index in [2.05, 4.69) is 10.2 Å². The van der Waals surface area contributed by atoms with Gasteiger partial charge in [0.15, 0.2) is 11.0 Å². The van der Waals surface area contributed by atoms with Crippen LogP contribution in [0.3, 0.4) is 0 Å². The van der Waals surface area contributed by atoms with Crippen molar-refractivity contribution in [3.8, 4) is 5.75 Å². The Hall–Kier alpha value is -2.51. The first-order chi connectivity index (χ1) is 15.1. The van der Waals surface area contributed by atoms with Crippen molar-refractivity contribution in [3.63, 3.8) is 0 Å². The van der Waals surface area contributed by atoms with Crippen molar-refractivity contribution >= 4 is 29.3 Å². The van der Waals surface area contributed by atoms with Gasteiger partial charge >= 0.3 is 0 Å². The van der Waals surface area contributed by atoms with Gasteiger partial charge in [-0.1, -0.05) is 65.8 Å². The standard InChI is InChI=1S/C23H25ClN4O2S/c1-27-20(16-30-19-13-7-6-12-18(19)24)25-26-23(27)31-21(17-10-4-2-5-11-17)22(29)28-14-8-3-9-15-28/h2,4-7,10-13,21H,3,8-9,14-16H2,1H3/t21-/m0/s1. The lowest BCUT2D eigenvalue weighted by Crippen LogP contribution is -2.38. The van der Waals surface area contributed by atoms with Gasteiger partial charge in [-0.15, -0.1) is 10.2 Å². The van der Waals surface area contributed by atoms with Crippen LogP contribution in [0.25, 0.3) is 0 Å². The molecular formula is C23H25ClN4O2S. The van der Waals surface area contributed by atoms with E-state index >= 15 is 0 Å². The maximum atomic E-state index is 13.4. The Morgan fingerprint density at radius 2 is 1.77 bits per heavy atom. The molecule has 1 aliphatic rings. The van der Waals surface area contributed by atoms with Crippen LogP contribution in [0.15, 0.2) is 59.8 Å². The van der Waals surface area contributed by atoms with Gasteiger partial charge in [0.25, 0.3) is 0 Å². The topological polar surface area (TPSA) is 60.2 Å². The molecule has 0 bridgehead atoms. The summed E-state index contributed by atoms with van der Waals surface area (Å²) in [6, 6.07) is 17.2. The fraction of sp³-hybridized carbons (Fsp3) is 0.348. The van der Waals surface area contributed by atoms with Gasteiger partial charge in [0.2, 0.25) is 5.91 Å². The van der Waals surface area contributed by atoms with Gasteiger partial charge in [-0.05, 0) is 37.0 Å². The summed E-state index contributed by atoms with van der Waals surface area (Å²) in [6.45, 7) is 1.88. The number of ether oxygens (including phenoxy) is 1. The zero-order valence-corrected chi connectivity index (χ0v) is 19.0. The van der Waals surface area contributed by atoms with Crippen molar-refractivity contribution in [2.24, 2.45) is 7.05 Å². The zero-order valence-electron chi connectivity index (χ0n) is 17.4. The summed E-state index contributed by atoms with van der Waals surface area (Å²) in [6.07, 6.45) is 3.31. The van der Waals surface area contributed by atoms with E-state index in [9.17, 15) is 4.79 Å². The van der Waals surface area contributed by atoms with Crippen molar-refractivity contribution in [3.05, 3.63) is 71.0 Å². The van der Waals surface area contributed by atoms with Gasteiger partial charge in [0, 0.05) is 20.1 Å². The Morgan fingerprint density at radius 3 is 2.52 bits per heavy atom. The number of aromatic nitrogens is 3. The number of halogens is 1. The van der Waals surface area contributed by atoms with Crippen LogP contribution in [0.4, 0.5) is 0 Å². The first-order valence-electron chi connectivity index (χ1n) is 10.4. The van der Waals surface area contributed by atoms with Crippen LogP contribution in [0.1, 0.15) is 35.9 Å². The molecule has 1 aromatic heterocycles. The number of rotatable bonds is 7. The minimum absolute atomic E-state index is 0.132. The summed E-state index contributed by atoms with van der Waals surface area (Å²) in [5.74, 6) is 1.40. The van der Waals surface area contributed by atoms with Crippen LogP contribution in [0.5, 0.6) is 5.75 Å². The van der Waals surface area contributed by atoms with Crippen LogP contribution in [-0.4, -0.2) is 38.7 Å². The van der Waals surface area contributed by atoms with Crippen molar-refractivity contribution < 1.29 is 9.53 Å². The van der Waals surface area contributed by atoms with Crippen LogP contribution in [-0.2, 0) is 18.4 Å². The largest absolute Gasteiger partial charge is 0.484 e. The Morgan fingerprint density at radius 1 is 1.06 bits per heavy atom. The molecule has 6 nitrogen and oxygen atoms in total. The molecular weight excluding hydrogens is 432 g/mol. The molecule has 0 saturated carbocycles. The Bertz CT molecular complexity index is 1020. The van der Waals surface area contributed by atoms with E-state index in [-0.39, 0.29) is 17.8 Å². The van der Waals surface area contributed by atoms with Gasteiger partial charge in [-0.3, -0.25) is 4.79 Å². The maximum absolute atomic E-state index is 13.4. The summed E-state index contributed by atoms with van der Waals surface area (Å²) in [5.41, 5.74) is 0.972. The third-order valence-electron chi connectivity index (χ3n) is 5.34. The van der Waals surface area contributed by atoms with Gasteiger partial charge in [0.1, 0.15) is 17.6 Å². The number of hydrogen-bond donors (Lipinski definition) is 0. The minimum Gasteiger partial charge on any atom is -0.484 e. The summed E-state index contributed by atoms with van der Waals surface area (Å²) < 4.78 is 7.69. The van der Waals surface area contributed by atoms with E-state index in [0.29, 0.717) is 21.8 Å². The molecule has 8 heteroatoms. The third kappa shape index (κ3) is 5.22. The molecule has 0 aliphatic carbocycles. The van der Waals surface area contributed by atoms with Crippen molar-refractivity contribution in [1.29, 1.82) is 0 Å². The number of piperidine rings is 1. The highest BCUT2D eigenvalue weighted by molar-refractivity contribution is 8.00. The highest BCUT2D eigenvalue weighted by Crippen LogP contribution is 2.36. The van der Waals surface area contributed by atoms with Crippen molar-refractivity contribution in [2.45, 2.75) is 36.3 Å². The number of carbonyl (C=O) groups excluding carboxylic acids is 1. The number of hydrogen-bond acceptors (Lipinski definition) is 5. The lowest BCUT2D eigenvalue weighted by Gasteiger charge is -2.30. The minimum atomic E-state index is -0.362. The Kier molecular flexibility index (Phi) is 7.14. The average Bonchev–Trinajstić information content (AvgIpc) is 3.16. The molecule has 0 unspecified atom stereocenters. The number of thioether (sulfide) groups is 1. The molecule has 1 fully saturated rings. The number of likely N-dealkylation sites (tertiary alicyclic amines) is 1. The molecule has 2 heterocycles. The molecule has 1 aliphatic heterocycles. The lowest BCUT2D eigenvalue weighted by atomic mass is 10.1. The van der Waals surface area contributed by atoms with E-state index < -0.39 is 0 Å². The van der Waals surface area contributed by atoms with Crippen LogP contribution < -0.4 is 4.74 Å². The van der Waals surface area contributed by atoms with Gasteiger partial charge < -0.3 is 14.2 Å². The van der Waals surface area contributed by atoms with Crippen molar-refractivity contribution in [1.82, 2.24) is 19.7 Å². The van der Waals surface area contributed by atoms with Gasteiger partial charge in [-0.2, -0.15) is 0 Å². The highest BCUT2D eigenvalue weighted by atomic mass is 35.5. The molecule has 3 aromatic rings. The van der Waals surface area contributed by atoms with Gasteiger partial charge in [-0.25, -0.2) is 0 Å². The van der Waals surface area contributed by atoms with Crippen LogP contribution >= 0.6 is 23.4 Å². The first-order valence-corrected chi connectivity index (χ1v) is 11.6. The number of amides is 1. The van der Waals surface area contributed by atoms with E-state index in [1.165, 1.54) is 18.2 Å². The van der Waals surface area contributed by atoms with E-state index in [1.807, 2.05) is 65.0 Å². The third-order valence-corrected chi connectivity index (χ3v) is 6.92. The van der Waals surface area contributed by atoms with Crippen molar-refractivity contribution in [2.75, 3.05) is 13.1 Å². The summed E-state index contributed by atoms with van der Waals surface area (Å²) in [4.78, 5) is 15.4. The smallest absolute Gasteiger partial charge is 0.240 e. The second-order valence-corrected chi connectivity index (χ2v) is 8.95. The SMILES string of the molecule is Cn1c(COc2ccccc2Cl)nnc1S[C@H](C(=O)N1CCCCC1)c1ccccc1. The maximum Gasteiger partial charge on any atom is 0.240 e. The molecule has 31 heavy (non-hydrogen) atoms. The number of benzene rings is 2. The van der Waals surface area contributed by atoms with Gasteiger partial charge in [0.05, 0.1) is 5.02 Å². The second-order valence-electron chi connectivity index (χ2n) is 7.47. The fourth-order valence-corrected chi connectivity index (χ4v) is 4.85. The molecule has 0 spiro atoms. The van der Waals surface area contributed by atoms with E-state index in [0.717, 1.165) is 31.5 Å². The molecule has 0 N–H and O–H groups in total. The Labute approximate surface area is 191 Å². The van der Waals surface area contributed by atoms with E-state index in [4.69, 9.17) is 16.3 Å². The predicted octanol–water partition coefficient (Wildman–Crippen LogP) is 4.89. The predicted molar refractivity (Wildman–Crippen MR) is 122 cm³/mol. The number of para-hydroxylation sites is 1. The van der Waals surface area contributed by atoms with E-state index in [1.54, 1.807) is 6.07 Å². The molecule has 1 saturated heterocycles. The number of nitrogens with zero attached hydrogens (tertiary/aromatic N) is 4. The molecule has 4 rings (SSSR count). The monoisotopic (exact) mass is 456 g/mol. The quantitative estimate of drug-likeness (QED) is 0.473. The molecule has 0 radical (unpaired) electrons. The summed E-state index contributed by atoms with van der Waals surface area (Å²) in [7, 11) is 1.89. The second kappa shape index (κ2) is 10.2. The van der Waals surface area contributed by atoms with Crippen LogP contribution in [0.2, 0.25) is 5.02 Å². The zero-order chi connectivity index (χ0) is 21.6. The molecule has 2 aromatic carbocycles.